The summed E-state index contributed by atoms with van der Waals surface area (Å²) in [5.74, 6) is -0.0772. The van der Waals surface area contributed by atoms with Crippen molar-refractivity contribution in [2.75, 3.05) is 42.9 Å². The number of carbonyl (C=O) groups excluding carboxylic acids is 1. The molecule has 5 nitrogen and oxygen atoms in total. The molecule has 1 N–H and O–H groups in total. The molecule has 0 aliphatic carbocycles. The van der Waals surface area contributed by atoms with Crippen molar-refractivity contribution in [1.82, 2.24) is 9.88 Å². The van der Waals surface area contributed by atoms with Gasteiger partial charge in [-0.3, -0.25) is 9.69 Å². The Balaban J connectivity index is 1.23. The van der Waals surface area contributed by atoms with Gasteiger partial charge in [0.1, 0.15) is 0 Å². The molecule has 0 bridgehead atoms. The van der Waals surface area contributed by atoms with E-state index in [4.69, 9.17) is 0 Å². The lowest BCUT2D eigenvalue weighted by Crippen LogP contribution is -2.47. The Kier molecular flexibility index (Phi) is 5.41. The Morgan fingerprint density at radius 1 is 1.07 bits per heavy atom. The molecule has 0 radical (unpaired) electrons. The molecular weight excluding hydrogens is 412 g/mol. The Labute approximate surface area is 183 Å². The second-order valence-electron chi connectivity index (χ2n) is 7.65. The fourth-order valence-corrected chi connectivity index (χ4v) is 5.92. The van der Waals surface area contributed by atoms with E-state index < -0.39 is 0 Å². The lowest BCUT2D eigenvalue weighted by atomic mass is 10.1. The molecule has 4 aromatic rings. The van der Waals surface area contributed by atoms with Crippen LogP contribution in [0.1, 0.15) is 12.5 Å². The predicted molar refractivity (Wildman–Crippen MR) is 128 cm³/mol. The predicted octanol–water partition coefficient (Wildman–Crippen LogP) is 4.83. The molecule has 0 unspecified atom stereocenters. The van der Waals surface area contributed by atoms with Crippen molar-refractivity contribution in [3.05, 3.63) is 53.4 Å². The number of piperazine rings is 1. The Morgan fingerprint density at radius 3 is 2.70 bits per heavy atom. The highest BCUT2D eigenvalue weighted by atomic mass is 32.1. The minimum Gasteiger partial charge on any atom is -0.368 e. The minimum atomic E-state index is -0.0772. The molecule has 1 amide bonds. The van der Waals surface area contributed by atoms with Gasteiger partial charge in [0.2, 0.25) is 5.91 Å². The average molecular weight is 437 g/mol. The third kappa shape index (κ3) is 3.93. The van der Waals surface area contributed by atoms with Crippen molar-refractivity contribution < 1.29 is 4.79 Å². The third-order valence-corrected chi connectivity index (χ3v) is 7.49. The van der Waals surface area contributed by atoms with Gasteiger partial charge in [0.05, 0.1) is 10.2 Å². The monoisotopic (exact) mass is 436 g/mol. The summed E-state index contributed by atoms with van der Waals surface area (Å²) in [6.07, 6.45) is 0.973. The summed E-state index contributed by atoms with van der Waals surface area (Å²) in [7, 11) is 0. The van der Waals surface area contributed by atoms with Crippen molar-refractivity contribution in [2.45, 2.75) is 13.3 Å². The zero-order valence-electron chi connectivity index (χ0n) is 16.9. The Bertz CT molecular complexity index is 1190. The van der Waals surface area contributed by atoms with Crippen LogP contribution < -0.4 is 10.2 Å². The zero-order chi connectivity index (χ0) is 20.5. The van der Waals surface area contributed by atoms with E-state index in [9.17, 15) is 4.79 Å². The van der Waals surface area contributed by atoms with E-state index in [-0.39, 0.29) is 5.91 Å². The number of benzene rings is 2. The summed E-state index contributed by atoms with van der Waals surface area (Å²) in [5, 5.41) is 7.05. The first-order valence-corrected chi connectivity index (χ1v) is 12.0. The number of rotatable bonds is 5. The number of carbonyl (C=O) groups is 1. The first-order chi connectivity index (χ1) is 14.7. The number of thiophene rings is 1. The average Bonchev–Trinajstić information content (AvgIpc) is 3.38. The van der Waals surface area contributed by atoms with E-state index in [1.54, 1.807) is 0 Å². The highest BCUT2D eigenvalue weighted by Crippen LogP contribution is 2.31. The van der Waals surface area contributed by atoms with Crippen LogP contribution in [0, 0.1) is 0 Å². The molecule has 1 saturated heterocycles. The van der Waals surface area contributed by atoms with E-state index >= 15 is 0 Å². The Hall–Kier alpha value is -2.48. The van der Waals surface area contributed by atoms with Gasteiger partial charge in [-0.1, -0.05) is 29.5 Å². The van der Waals surface area contributed by atoms with Gasteiger partial charge in [0, 0.05) is 55.4 Å². The number of anilines is 2. The van der Waals surface area contributed by atoms with Crippen LogP contribution in [0.5, 0.6) is 0 Å². The number of amides is 1. The van der Waals surface area contributed by atoms with E-state index in [1.807, 2.05) is 11.3 Å². The van der Waals surface area contributed by atoms with Gasteiger partial charge in [0.25, 0.3) is 0 Å². The van der Waals surface area contributed by atoms with Gasteiger partial charge in [-0.2, -0.15) is 0 Å². The number of para-hydroxylation sites is 1. The topological polar surface area (TPSA) is 48.5 Å². The summed E-state index contributed by atoms with van der Waals surface area (Å²) in [5.41, 5.74) is 3.64. The van der Waals surface area contributed by atoms with Crippen molar-refractivity contribution in [2.24, 2.45) is 0 Å². The summed E-state index contributed by atoms with van der Waals surface area (Å²) < 4.78 is 2.50. The molecular formula is C23H24N4OS2. The molecule has 3 heterocycles. The van der Waals surface area contributed by atoms with Crippen LogP contribution in [0.3, 0.4) is 0 Å². The Morgan fingerprint density at radius 2 is 1.87 bits per heavy atom. The number of hydrogen-bond donors (Lipinski definition) is 1. The lowest BCUT2D eigenvalue weighted by Gasteiger charge is -2.36. The van der Waals surface area contributed by atoms with Gasteiger partial charge < -0.3 is 10.2 Å². The van der Waals surface area contributed by atoms with Crippen molar-refractivity contribution in [3.8, 4) is 0 Å². The molecule has 0 atom stereocenters. The van der Waals surface area contributed by atoms with Gasteiger partial charge in [-0.15, -0.1) is 11.3 Å². The number of thiazole rings is 1. The van der Waals surface area contributed by atoms with Crippen LogP contribution >= 0.6 is 22.7 Å². The number of nitrogens with one attached hydrogen (secondary N) is 1. The van der Waals surface area contributed by atoms with Crippen LogP contribution in [-0.4, -0.2) is 48.5 Å². The summed E-state index contributed by atoms with van der Waals surface area (Å²) in [4.78, 5) is 21.1. The van der Waals surface area contributed by atoms with Crippen LogP contribution in [0.4, 0.5) is 10.8 Å². The molecule has 1 aliphatic rings. The fraction of sp³-hybridized carbons (Fsp3) is 0.304. The van der Waals surface area contributed by atoms with Crippen LogP contribution in [-0.2, 0) is 11.2 Å². The van der Waals surface area contributed by atoms with Gasteiger partial charge in [0.15, 0.2) is 5.13 Å². The molecule has 1 aliphatic heterocycles. The molecule has 2 aromatic carbocycles. The zero-order valence-corrected chi connectivity index (χ0v) is 18.6. The van der Waals surface area contributed by atoms with Crippen LogP contribution in [0.25, 0.3) is 20.3 Å². The molecule has 0 saturated carbocycles. The summed E-state index contributed by atoms with van der Waals surface area (Å²) >= 11 is 3.35. The highest BCUT2D eigenvalue weighted by molar-refractivity contribution is 7.22. The lowest BCUT2D eigenvalue weighted by molar-refractivity contribution is -0.114. The first kappa shape index (κ1) is 19.5. The van der Waals surface area contributed by atoms with Crippen molar-refractivity contribution in [1.29, 1.82) is 0 Å². The smallest absolute Gasteiger partial charge is 0.223 e. The molecule has 7 heteroatoms. The molecule has 154 valence electrons. The molecule has 1 fully saturated rings. The largest absolute Gasteiger partial charge is 0.368 e. The van der Waals surface area contributed by atoms with Gasteiger partial charge in [-0.05, 0) is 41.6 Å². The maximum Gasteiger partial charge on any atom is 0.223 e. The maximum absolute atomic E-state index is 11.3. The number of fused-ring (bicyclic) bond motifs is 2. The normalized spacial score (nSPS) is 15.2. The summed E-state index contributed by atoms with van der Waals surface area (Å²) in [6.45, 7) is 6.81. The van der Waals surface area contributed by atoms with E-state index in [1.165, 1.54) is 39.6 Å². The van der Waals surface area contributed by atoms with Crippen LogP contribution in [0.2, 0.25) is 0 Å². The first-order valence-electron chi connectivity index (χ1n) is 10.3. The van der Waals surface area contributed by atoms with E-state index in [0.717, 1.165) is 49.4 Å². The SMILES string of the molecule is CC(=O)Nc1nc2c(CCN3CCN(c4cccc5sccc45)CC3)cccc2s1. The van der Waals surface area contributed by atoms with E-state index in [2.05, 4.69) is 67.9 Å². The standard InChI is InChI=1S/C23H24N4OS2/c1-16(28)24-23-25-22-17(4-2-7-21(22)30-23)8-10-26-11-13-27(14-12-26)19-5-3-6-20-18(19)9-15-29-20/h2-7,9,15H,8,10-14H2,1H3,(H,24,25,28). The van der Waals surface area contributed by atoms with Crippen LogP contribution in [0.15, 0.2) is 47.8 Å². The van der Waals surface area contributed by atoms with Gasteiger partial charge >= 0.3 is 0 Å². The van der Waals surface area contributed by atoms with Gasteiger partial charge in [-0.25, -0.2) is 4.98 Å². The number of hydrogen-bond acceptors (Lipinski definition) is 6. The molecule has 30 heavy (non-hydrogen) atoms. The summed E-state index contributed by atoms with van der Waals surface area (Å²) in [6, 6.07) is 15.2. The second kappa shape index (κ2) is 8.34. The fourth-order valence-electron chi connectivity index (χ4n) is 4.16. The third-order valence-electron chi connectivity index (χ3n) is 5.67. The second-order valence-corrected chi connectivity index (χ2v) is 9.63. The minimum absolute atomic E-state index is 0.0772. The molecule has 0 spiro atoms. The molecule has 2 aromatic heterocycles. The van der Waals surface area contributed by atoms with Crippen molar-refractivity contribution in [3.63, 3.8) is 0 Å². The molecule has 5 rings (SSSR count). The number of aromatic nitrogens is 1. The highest BCUT2D eigenvalue weighted by Gasteiger charge is 2.19. The maximum atomic E-state index is 11.3. The van der Waals surface area contributed by atoms with Crippen molar-refractivity contribution >= 4 is 59.7 Å². The van der Waals surface area contributed by atoms with E-state index in [0.29, 0.717) is 5.13 Å². The quantitative estimate of drug-likeness (QED) is 0.487. The number of nitrogens with zero attached hydrogens (tertiary/aromatic N) is 3.